The van der Waals surface area contributed by atoms with Crippen LogP contribution in [-0.2, 0) is 6.42 Å². The van der Waals surface area contributed by atoms with Crippen LogP contribution in [0.1, 0.15) is 48.8 Å². The second-order valence-electron chi connectivity index (χ2n) is 7.38. The zero-order chi connectivity index (χ0) is 20.4. The number of aliphatic hydroxyl groups is 1. The van der Waals surface area contributed by atoms with E-state index in [1.165, 1.54) is 4.70 Å². The molecule has 0 atom stereocenters. The fraction of sp³-hybridized carbons (Fsp3) is 0.381. The molecule has 5 N–H and O–H groups in total. The first-order valence-electron chi connectivity index (χ1n) is 9.93. The number of nitrogens with two attached hydrogens (primary N) is 1. The number of amides is 1. The molecule has 1 aliphatic carbocycles. The lowest BCUT2D eigenvalue weighted by Crippen LogP contribution is -2.29. The Bertz CT molecular complexity index is 1030. The van der Waals surface area contributed by atoms with Crippen molar-refractivity contribution in [1.29, 1.82) is 0 Å². The molecule has 0 unspecified atom stereocenters. The Hall–Kier alpha value is -2.71. The molecule has 1 amide bonds. The van der Waals surface area contributed by atoms with Gasteiger partial charge in [0.25, 0.3) is 5.91 Å². The van der Waals surface area contributed by atoms with Crippen LogP contribution >= 0.6 is 11.3 Å². The summed E-state index contributed by atoms with van der Waals surface area (Å²) in [5.41, 5.74) is 7.26. The van der Waals surface area contributed by atoms with Crippen molar-refractivity contribution in [3.8, 4) is 0 Å². The van der Waals surface area contributed by atoms with Crippen LogP contribution in [0.3, 0.4) is 0 Å². The van der Waals surface area contributed by atoms with Gasteiger partial charge in [-0.05, 0) is 67.1 Å². The highest BCUT2D eigenvalue weighted by Crippen LogP contribution is 2.29. The number of rotatable bonds is 6. The predicted molar refractivity (Wildman–Crippen MR) is 117 cm³/mol. The van der Waals surface area contributed by atoms with E-state index in [-0.39, 0.29) is 17.8 Å². The Morgan fingerprint density at radius 1 is 1.21 bits per heavy atom. The Morgan fingerprint density at radius 3 is 2.72 bits per heavy atom. The standard InChI is InChI=1S/C21H25N5O2S/c1-2-16-20(23-13-3-6-15(27)7-4-13)26-21(18(25-16)19(22)28)24-14-5-8-17-12(11-14)9-10-29-17/h5,8-11,13,15,27H,2-4,6-7H2,1H3,(H2,22,28)(H2,23,24,26). The van der Waals surface area contributed by atoms with Gasteiger partial charge in [-0.3, -0.25) is 4.79 Å². The third-order valence-corrected chi connectivity index (χ3v) is 6.19. The van der Waals surface area contributed by atoms with Gasteiger partial charge >= 0.3 is 0 Å². The van der Waals surface area contributed by atoms with E-state index in [0.29, 0.717) is 23.8 Å². The SMILES string of the molecule is CCc1nc(C(N)=O)c(Nc2ccc3sccc3c2)nc1NC1CCC(O)CC1. The van der Waals surface area contributed by atoms with Crippen LogP contribution in [0.25, 0.3) is 10.1 Å². The number of nitrogens with zero attached hydrogens (tertiary/aromatic N) is 2. The minimum Gasteiger partial charge on any atom is -0.393 e. The molecule has 152 valence electrons. The van der Waals surface area contributed by atoms with Gasteiger partial charge in [-0.2, -0.15) is 0 Å². The molecular formula is C21H25N5O2S. The Kier molecular flexibility index (Phi) is 5.64. The average molecular weight is 412 g/mol. The average Bonchev–Trinajstić information content (AvgIpc) is 3.17. The second kappa shape index (κ2) is 8.34. The molecule has 0 spiro atoms. The summed E-state index contributed by atoms with van der Waals surface area (Å²) in [5.74, 6) is 0.402. The molecular weight excluding hydrogens is 386 g/mol. The summed E-state index contributed by atoms with van der Waals surface area (Å²) in [4.78, 5) is 21.2. The van der Waals surface area contributed by atoms with Crippen LogP contribution in [0.2, 0.25) is 0 Å². The third kappa shape index (κ3) is 4.33. The molecule has 1 aliphatic rings. The van der Waals surface area contributed by atoms with E-state index in [2.05, 4.69) is 21.7 Å². The molecule has 3 aromatic rings. The minimum atomic E-state index is -0.612. The van der Waals surface area contributed by atoms with Gasteiger partial charge in [0, 0.05) is 16.4 Å². The summed E-state index contributed by atoms with van der Waals surface area (Å²) in [5, 5.41) is 19.6. The van der Waals surface area contributed by atoms with Gasteiger partial charge in [-0.1, -0.05) is 6.92 Å². The third-order valence-electron chi connectivity index (χ3n) is 5.29. The maximum atomic E-state index is 12.0. The first kappa shape index (κ1) is 19.6. The van der Waals surface area contributed by atoms with Gasteiger partial charge in [-0.25, -0.2) is 9.97 Å². The number of nitrogens with one attached hydrogen (secondary N) is 2. The highest BCUT2D eigenvalue weighted by atomic mass is 32.1. The Morgan fingerprint density at radius 2 is 2.00 bits per heavy atom. The molecule has 2 heterocycles. The summed E-state index contributed by atoms with van der Waals surface area (Å²) in [6.07, 6.45) is 3.72. The summed E-state index contributed by atoms with van der Waals surface area (Å²) in [6.45, 7) is 1.97. The van der Waals surface area contributed by atoms with Crippen LogP contribution in [0, 0.1) is 0 Å². The highest BCUT2D eigenvalue weighted by molar-refractivity contribution is 7.17. The summed E-state index contributed by atoms with van der Waals surface area (Å²) in [6, 6.07) is 8.28. The largest absolute Gasteiger partial charge is 0.393 e. The normalized spacial score (nSPS) is 19.2. The highest BCUT2D eigenvalue weighted by Gasteiger charge is 2.23. The van der Waals surface area contributed by atoms with E-state index in [1.54, 1.807) is 11.3 Å². The maximum absolute atomic E-state index is 12.0. The molecule has 0 saturated heterocycles. The molecule has 29 heavy (non-hydrogen) atoms. The van der Waals surface area contributed by atoms with Crippen LogP contribution in [0.5, 0.6) is 0 Å². The number of aryl methyl sites for hydroxylation is 1. The molecule has 1 aromatic carbocycles. The van der Waals surface area contributed by atoms with Gasteiger partial charge in [0.1, 0.15) is 5.82 Å². The van der Waals surface area contributed by atoms with Crippen molar-refractivity contribution in [3.63, 3.8) is 0 Å². The number of hydrogen-bond acceptors (Lipinski definition) is 7. The lowest BCUT2D eigenvalue weighted by atomic mass is 9.93. The number of aromatic nitrogens is 2. The molecule has 0 radical (unpaired) electrons. The number of carbonyl (C=O) groups excluding carboxylic acids is 1. The first-order chi connectivity index (χ1) is 14.0. The lowest BCUT2D eigenvalue weighted by Gasteiger charge is -2.27. The first-order valence-corrected chi connectivity index (χ1v) is 10.8. The van der Waals surface area contributed by atoms with Crippen molar-refractivity contribution >= 4 is 44.7 Å². The number of hydrogen-bond donors (Lipinski definition) is 4. The lowest BCUT2D eigenvalue weighted by molar-refractivity contribution is 0.0996. The summed E-state index contributed by atoms with van der Waals surface area (Å²) in [7, 11) is 0. The number of aliphatic hydroxyl groups excluding tert-OH is 1. The molecule has 2 aromatic heterocycles. The molecule has 8 heteroatoms. The molecule has 1 saturated carbocycles. The van der Waals surface area contributed by atoms with Gasteiger partial charge in [0.05, 0.1) is 11.8 Å². The van der Waals surface area contributed by atoms with E-state index in [4.69, 9.17) is 10.7 Å². The van der Waals surface area contributed by atoms with Gasteiger partial charge in [0.15, 0.2) is 11.5 Å². The van der Waals surface area contributed by atoms with Crippen molar-refractivity contribution in [3.05, 3.63) is 41.0 Å². The number of anilines is 3. The Labute approximate surface area is 173 Å². The topological polar surface area (TPSA) is 113 Å². The monoisotopic (exact) mass is 411 g/mol. The zero-order valence-electron chi connectivity index (χ0n) is 16.3. The minimum absolute atomic E-state index is 0.136. The van der Waals surface area contributed by atoms with E-state index in [9.17, 15) is 9.90 Å². The predicted octanol–water partition coefficient (Wildman–Crippen LogP) is 3.81. The molecule has 4 rings (SSSR count). The molecule has 0 bridgehead atoms. The smallest absolute Gasteiger partial charge is 0.271 e. The van der Waals surface area contributed by atoms with Crippen LogP contribution in [0.4, 0.5) is 17.3 Å². The number of benzene rings is 1. The summed E-state index contributed by atoms with van der Waals surface area (Å²) < 4.78 is 1.19. The van der Waals surface area contributed by atoms with E-state index in [1.807, 2.05) is 30.5 Å². The van der Waals surface area contributed by atoms with E-state index in [0.717, 1.165) is 36.8 Å². The van der Waals surface area contributed by atoms with Crippen molar-refractivity contribution in [2.75, 3.05) is 10.6 Å². The van der Waals surface area contributed by atoms with Crippen molar-refractivity contribution < 1.29 is 9.90 Å². The fourth-order valence-electron chi connectivity index (χ4n) is 3.69. The Balaban J connectivity index is 1.65. The zero-order valence-corrected chi connectivity index (χ0v) is 17.1. The summed E-state index contributed by atoms with van der Waals surface area (Å²) >= 11 is 1.68. The van der Waals surface area contributed by atoms with Gasteiger partial charge in [0.2, 0.25) is 0 Å². The molecule has 1 fully saturated rings. The quantitative estimate of drug-likeness (QED) is 0.490. The van der Waals surface area contributed by atoms with E-state index >= 15 is 0 Å². The van der Waals surface area contributed by atoms with Crippen LogP contribution in [-0.4, -0.2) is 33.1 Å². The number of primary amides is 1. The van der Waals surface area contributed by atoms with Crippen molar-refractivity contribution in [2.24, 2.45) is 5.73 Å². The fourth-order valence-corrected chi connectivity index (χ4v) is 4.46. The van der Waals surface area contributed by atoms with Crippen LogP contribution in [0.15, 0.2) is 29.6 Å². The van der Waals surface area contributed by atoms with Crippen LogP contribution < -0.4 is 16.4 Å². The molecule has 7 nitrogen and oxygen atoms in total. The van der Waals surface area contributed by atoms with Gasteiger partial charge in [-0.15, -0.1) is 11.3 Å². The molecule has 0 aliphatic heterocycles. The van der Waals surface area contributed by atoms with Crippen molar-refractivity contribution in [1.82, 2.24) is 9.97 Å². The maximum Gasteiger partial charge on any atom is 0.271 e. The van der Waals surface area contributed by atoms with Gasteiger partial charge < -0.3 is 21.5 Å². The second-order valence-corrected chi connectivity index (χ2v) is 8.33. The van der Waals surface area contributed by atoms with Crippen molar-refractivity contribution in [2.45, 2.75) is 51.2 Å². The van der Waals surface area contributed by atoms with E-state index < -0.39 is 5.91 Å². The number of thiophene rings is 1. The number of fused-ring (bicyclic) bond motifs is 1. The number of carbonyl (C=O) groups is 1.